The van der Waals surface area contributed by atoms with Crippen molar-refractivity contribution in [3.8, 4) is 0 Å². The van der Waals surface area contributed by atoms with Gasteiger partial charge in [-0.1, -0.05) is 72.4 Å². The smallest absolute Gasteiger partial charge is 0.156 e. The largest absolute Gasteiger partial charge is 0.393 e. The normalized spacial score (nSPS) is 24.5. The molecule has 2 aromatic carbocycles. The Morgan fingerprint density at radius 1 is 1.00 bits per heavy atom. The van der Waals surface area contributed by atoms with Crippen LogP contribution < -0.4 is 0 Å². The van der Waals surface area contributed by atoms with Crippen LogP contribution in [-0.4, -0.2) is 52.8 Å². The van der Waals surface area contributed by atoms with Crippen molar-refractivity contribution in [2.75, 3.05) is 14.1 Å². The second-order valence-corrected chi connectivity index (χ2v) is 9.70. The molecule has 5 nitrogen and oxygen atoms in total. The van der Waals surface area contributed by atoms with Gasteiger partial charge in [0.25, 0.3) is 0 Å². The van der Waals surface area contributed by atoms with E-state index in [9.17, 15) is 5.11 Å². The summed E-state index contributed by atoms with van der Waals surface area (Å²) in [4.78, 5) is 1.82. The number of benzene rings is 2. The lowest BCUT2D eigenvalue weighted by Crippen LogP contribution is -2.49. The highest BCUT2D eigenvalue weighted by Crippen LogP contribution is 2.38. The van der Waals surface area contributed by atoms with Crippen molar-refractivity contribution in [3.63, 3.8) is 0 Å². The Hall–Kier alpha value is -1.86. The van der Waals surface area contributed by atoms with E-state index in [2.05, 4.69) is 24.3 Å². The van der Waals surface area contributed by atoms with Crippen LogP contribution >= 0.6 is 11.8 Å². The van der Waals surface area contributed by atoms with E-state index in [1.165, 1.54) is 0 Å². The number of hydrogen-bond acceptors (Lipinski definition) is 5. The maximum atomic E-state index is 10.6. The predicted octanol–water partition coefficient (Wildman–Crippen LogP) is 4.55. The Morgan fingerprint density at radius 3 is 2.06 bits per heavy atom. The van der Waals surface area contributed by atoms with E-state index < -0.39 is 6.10 Å². The minimum Gasteiger partial charge on any atom is -0.393 e. The first-order chi connectivity index (χ1) is 14.9. The van der Waals surface area contributed by atoms with Crippen LogP contribution in [-0.2, 0) is 22.7 Å². The number of thioether (sulfide) groups is 1. The Balaban J connectivity index is 1.75. The summed E-state index contributed by atoms with van der Waals surface area (Å²) in [6.07, 6.45) is 0.721. The Labute approximate surface area is 190 Å². The zero-order valence-electron chi connectivity index (χ0n) is 18.6. The Kier molecular flexibility index (Phi) is 8.96. The van der Waals surface area contributed by atoms with Crippen molar-refractivity contribution in [1.82, 2.24) is 4.90 Å². The minimum atomic E-state index is -0.513. The number of aliphatic hydroxyl groups is 1. The molecule has 1 aliphatic rings. The van der Waals surface area contributed by atoms with Crippen LogP contribution in [0.2, 0.25) is 0 Å². The first-order valence-electron chi connectivity index (χ1n) is 10.9. The molecule has 0 aliphatic heterocycles. The lowest BCUT2D eigenvalue weighted by Gasteiger charge is -2.42. The van der Waals surface area contributed by atoms with Gasteiger partial charge in [-0.3, -0.25) is 5.41 Å². The van der Waals surface area contributed by atoms with E-state index >= 15 is 0 Å². The molecule has 5 atom stereocenters. The third-order valence-corrected chi connectivity index (χ3v) is 7.02. The van der Waals surface area contributed by atoms with Crippen LogP contribution in [0.15, 0.2) is 60.7 Å². The average molecular weight is 443 g/mol. The fraction of sp³-hybridized carbons (Fsp3) is 0.480. The molecular weight excluding hydrogens is 408 g/mol. The number of amidine groups is 1. The predicted molar refractivity (Wildman–Crippen MR) is 127 cm³/mol. The van der Waals surface area contributed by atoms with Crippen molar-refractivity contribution in [3.05, 3.63) is 71.8 Å². The molecule has 0 heterocycles. The van der Waals surface area contributed by atoms with E-state index in [4.69, 9.17) is 14.9 Å². The fourth-order valence-corrected chi connectivity index (χ4v) is 5.10. The van der Waals surface area contributed by atoms with E-state index in [0.29, 0.717) is 18.4 Å². The molecule has 31 heavy (non-hydrogen) atoms. The molecule has 1 saturated carbocycles. The maximum absolute atomic E-state index is 10.6. The van der Waals surface area contributed by atoms with Gasteiger partial charge in [-0.2, -0.15) is 0 Å². The number of nitrogens with zero attached hydrogens (tertiary/aromatic N) is 1. The highest BCUT2D eigenvalue weighted by atomic mass is 32.2. The second kappa shape index (κ2) is 11.7. The van der Waals surface area contributed by atoms with Crippen LogP contribution in [0.25, 0.3) is 0 Å². The van der Waals surface area contributed by atoms with Crippen molar-refractivity contribution in [2.24, 2.45) is 5.92 Å². The molecule has 6 heteroatoms. The molecule has 0 amide bonds. The molecule has 2 N–H and O–H groups in total. The summed E-state index contributed by atoms with van der Waals surface area (Å²) in [6.45, 7) is 2.83. The Bertz CT molecular complexity index is 801. The SMILES string of the molecule is CC(O)C1CC(SC(=N)N(C)C)CC(OCc2ccccc2)C1OCc1ccccc1. The highest BCUT2D eigenvalue weighted by molar-refractivity contribution is 8.14. The molecule has 0 radical (unpaired) electrons. The molecule has 1 fully saturated rings. The van der Waals surface area contributed by atoms with Gasteiger partial charge in [-0.15, -0.1) is 0 Å². The fourth-order valence-electron chi connectivity index (χ4n) is 3.97. The maximum Gasteiger partial charge on any atom is 0.156 e. The van der Waals surface area contributed by atoms with Crippen LogP contribution in [0.4, 0.5) is 0 Å². The first kappa shape index (κ1) is 23.8. The molecule has 0 spiro atoms. The molecule has 1 aliphatic carbocycles. The molecule has 3 rings (SSSR count). The Morgan fingerprint density at radius 2 is 1.55 bits per heavy atom. The summed E-state index contributed by atoms with van der Waals surface area (Å²) in [7, 11) is 3.78. The van der Waals surface area contributed by atoms with Gasteiger partial charge < -0.3 is 19.5 Å². The lowest BCUT2D eigenvalue weighted by molar-refractivity contribution is -0.145. The van der Waals surface area contributed by atoms with E-state index in [1.807, 2.05) is 62.3 Å². The van der Waals surface area contributed by atoms with Crippen LogP contribution in [0, 0.1) is 11.3 Å². The molecule has 0 bridgehead atoms. The van der Waals surface area contributed by atoms with Gasteiger partial charge in [0, 0.05) is 25.3 Å². The van der Waals surface area contributed by atoms with Crippen molar-refractivity contribution in [2.45, 2.75) is 56.5 Å². The number of hydrogen-bond donors (Lipinski definition) is 2. The summed E-state index contributed by atoms with van der Waals surface area (Å²) in [5.74, 6) is -0.0503. The summed E-state index contributed by atoms with van der Waals surface area (Å²) in [6, 6.07) is 20.3. The third kappa shape index (κ3) is 7.07. The van der Waals surface area contributed by atoms with Gasteiger partial charge >= 0.3 is 0 Å². The zero-order valence-corrected chi connectivity index (χ0v) is 19.4. The van der Waals surface area contributed by atoms with E-state index in [-0.39, 0.29) is 23.4 Å². The summed E-state index contributed by atoms with van der Waals surface area (Å²) in [5, 5.41) is 19.6. The van der Waals surface area contributed by atoms with Crippen molar-refractivity contribution in [1.29, 1.82) is 5.41 Å². The molecule has 0 aromatic heterocycles. The second-order valence-electron chi connectivity index (χ2n) is 8.41. The average Bonchev–Trinajstić information content (AvgIpc) is 2.77. The summed E-state index contributed by atoms with van der Waals surface area (Å²) in [5.41, 5.74) is 2.23. The van der Waals surface area contributed by atoms with Crippen molar-refractivity contribution >= 4 is 16.9 Å². The van der Waals surface area contributed by atoms with Gasteiger partial charge in [0.05, 0.1) is 31.5 Å². The van der Waals surface area contributed by atoms with Gasteiger partial charge in [0.2, 0.25) is 0 Å². The first-order valence-corrected chi connectivity index (χ1v) is 11.7. The van der Waals surface area contributed by atoms with Crippen LogP contribution in [0.5, 0.6) is 0 Å². The van der Waals surface area contributed by atoms with Gasteiger partial charge in [0.15, 0.2) is 5.17 Å². The van der Waals surface area contributed by atoms with Gasteiger partial charge in [0.1, 0.15) is 0 Å². The monoisotopic (exact) mass is 442 g/mol. The minimum absolute atomic E-state index is 0.0503. The molecule has 2 aromatic rings. The lowest BCUT2D eigenvalue weighted by atomic mass is 9.80. The highest BCUT2D eigenvalue weighted by Gasteiger charge is 2.42. The molecule has 168 valence electrons. The zero-order chi connectivity index (χ0) is 22.2. The molecule has 0 saturated heterocycles. The topological polar surface area (TPSA) is 65.8 Å². The van der Waals surface area contributed by atoms with Crippen molar-refractivity contribution < 1.29 is 14.6 Å². The van der Waals surface area contributed by atoms with Gasteiger partial charge in [-0.05, 0) is 30.9 Å². The summed E-state index contributed by atoms with van der Waals surface area (Å²) < 4.78 is 12.8. The van der Waals surface area contributed by atoms with E-state index in [0.717, 1.165) is 24.0 Å². The third-order valence-electron chi connectivity index (χ3n) is 5.71. The van der Waals surface area contributed by atoms with Crippen LogP contribution in [0.3, 0.4) is 0 Å². The quantitative estimate of drug-likeness (QED) is 0.464. The van der Waals surface area contributed by atoms with E-state index in [1.54, 1.807) is 11.8 Å². The van der Waals surface area contributed by atoms with Gasteiger partial charge in [-0.25, -0.2) is 0 Å². The number of rotatable bonds is 8. The number of nitrogens with one attached hydrogen (secondary N) is 1. The molecular formula is C25H34N2O3S. The number of ether oxygens (including phenoxy) is 2. The standard InChI is InChI=1S/C25H34N2O3S/c1-18(28)22-14-21(31-25(26)27(2)3)15-23(29-16-19-10-6-4-7-11-19)24(22)30-17-20-12-8-5-9-13-20/h4-13,18,21-24,26,28H,14-17H2,1-3H3. The summed E-state index contributed by atoms with van der Waals surface area (Å²) >= 11 is 1.55. The van der Waals surface area contributed by atoms with Crippen LogP contribution in [0.1, 0.15) is 30.9 Å². The number of aliphatic hydroxyl groups excluding tert-OH is 1. The molecule has 5 unspecified atom stereocenters.